The molecule has 2 amide bonds. The summed E-state index contributed by atoms with van der Waals surface area (Å²) in [6.45, 7) is 3.65. The smallest absolute Gasteiger partial charge is 0.257 e. The molecule has 0 aliphatic heterocycles. The highest BCUT2D eigenvalue weighted by Gasteiger charge is 2.23. The van der Waals surface area contributed by atoms with Gasteiger partial charge in [0.1, 0.15) is 11.6 Å². The Morgan fingerprint density at radius 2 is 0.940 bits per heavy atom. The van der Waals surface area contributed by atoms with Crippen molar-refractivity contribution in [3.8, 4) is 22.5 Å². The number of carbonyl (C=O) groups excluding carboxylic acids is 2. The van der Waals surface area contributed by atoms with Crippen LogP contribution in [0.3, 0.4) is 0 Å². The van der Waals surface area contributed by atoms with Gasteiger partial charge in [0.25, 0.3) is 11.8 Å². The van der Waals surface area contributed by atoms with E-state index in [2.05, 4.69) is 15.6 Å². The van der Waals surface area contributed by atoms with Crippen LogP contribution in [0.5, 0.6) is 0 Å². The number of amides is 2. The van der Waals surface area contributed by atoms with Gasteiger partial charge in [-0.15, -0.1) is 0 Å². The summed E-state index contributed by atoms with van der Waals surface area (Å²) in [6.07, 6.45) is 0. The fourth-order valence-electron chi connectivity index (χ4n) is 6.02. The quantitative estimate of drug-likeness (QED) is 0.177. The molecule has 0 aliphatic rings. The third kappa shape index (κ3) is 6.37. The van der Waals surface area contributed by atoms with Gasteiger partial charge in [0.05, 0.1) is 43.6 Å². The lowest BCUT2D eigenvalue weighted by atomic mass is 9.97. The Balaban J connectivity index is 1.22. The van der Waals surface area contributed by atoms with Crippen molar-refractivity contribution in [1.82, 2.24) is 15.0 Å². The summed E-state index contributed by atoms with van der Waals surface area (Å²) in [6, 6.07) is 30.1. The molecular formula is C39H25Cl4N5O2. The van der Waals surface area contributed by atoms with Crippen LogP contribution in [0, 0.1) is 13.8 Å². The van der Waals surface area contributed by atoms with Crippen LogP contribution in [0.25, 0.3) is 44.3 Å². The Morgan fingerprint density at radius 1 is 0.520 bits per heavy atom. The van der Waals surface area contributed by atoms with E-state index in [0.29, 0.717) is 86.7 Å². The number of carbonyl (C=O) groups is 2. The van der Waals surface area contributed by atoms with E-state index in [9.17, 15) is 9.59 Å². The molecule has 3 aromatic heterocycles. The summed E-state index contributed by atoms with van der Waals surface area (Å²) in [5, 5.41) is 8.97. The van der Waals surface area contributed by atoms with Gasteiger partial charge >= 0.3 is 0 Å². The van der Waals surface area contributed by atoms with Gasteiger partial charge < -0.3 is 10.6 Å². The zero-order valence-electron chi connectivity index (χ0n) is 26.5. The van der Waals surface area contributed by atoms with E-state index in [-0.39, 0.29) is 11.6 Å². The van der Waals surface area contributed by atoms with E-state index in [4.69, 9.17) is 56.4 Å². The first-order chi connectivity index (χ1) is 24.1. The fourth-order valence-corrected chi connectivity index (χ4v) is 7.01. The fraction of sp³-hybridized carbons (Fsp3) is 0.0513. The lowest BCUT2D eigenvalue weighted by Crippen LogP contribution is -2.18. The highest BCUT2D eigenvalue weighted by molar-refractivity contribution is 6.37. The number of benzene rings is 4. The highest BCUT2D eigenvalue weighted by Crippen LogP contribution is 2.37. The maximum atomic E-state index is 14.0. The molecule has 0 unspecified atom stereocenters. The van der Waals surface area contributed by atoms with E-state index in [1.165, 1.54) is 0 Å². The Hall–Kier alpha value is -5.05. The number of anilines is 2. The van der Waals surface area contributed by atoms with E-state index < -0.39 is 11.8 Å². The van der Waals surface area contributed by atoms with Gasteiger partial charge in [0.2, 0.25) is 0 Å². The Kier molecular flexibility index (Phi) is 9.16. The number of hydrogen-bond donors (Lipinski definition) is 2. The first-order valence-corrected chi connectivity index (χ1v) is 16.9. The molecule has 246 valence electrons. The Morgan fingerprint density at radius 3 is 1.36 bits per heavy atom. The number of hydrogen-bond acceptors (Lipinski definition) is 5. The lowest BCUT2D eigenvalue weighted by Gasteiger charge is -2.16. The number of rotatable bonds is 6. The molecule has 2 N–H and O–H groups in total. The molecule has 7 aromatic rings. The minimum absolute atomic E-state index is 0.240. The molecular weight excluding hydrogens is 712 g/mol. The van der Waals surface area contributed by atoms with E-state index in [0.717, 1.165) is 0 Å². The Labute approximate surface area is 307 Å². The van der Waals surface area contributed by atoms with E-state index >= 15 is 0 Å². The van der Waals surface area contributed by atoms with Crippen molar-refractivity contribution in [2.75, 3.05) is 10.6 Å². The molecule has 0 saturated heterocycles. The maximum absolute atomic E-state index is 14.0. The van der Waals surface area contributed by atoms with Gasteiger partial charge in [-0.25, -0.2) is 15.0 Å². The Bertz CT molecular complexity index is 2350. The predicted octanol–water partition coefficient (Wildman–Crippen LogP) is 11.2. The molecule has 0 fully saturated rings. The van der Waals surface area contributed by atoms with Crippen molar-refractivity contribution in [3.63, 3.8) is 0 Å². The molecule has 0 atom stereocenters. The number of halogens is 4. The topological polar surface area (TPSA) is 96.9 Å². The van der Waals surface area contributed by atoms with Crippen molar-refractivity contribution in [2.45, 2.75) is 13.8 Å². The van der Waals surface area contributed by atoms with Gasteiger partial charge in [-0.3, -0.25) is 9.59 Å². The normalized spacial score (nSPS) is 11.2. The van der Waals surface area contributed by atoms with Crippen LogP contribution >= 0.6 is 46.4 Å². The van der Waals surface area contributed by atoms with Crippen LogP contribution in [0.4, 0.5) is 11.6 Å². The third-order valence-corrected chi connectivity index (χ3v) is 9.43. The molecule has 4 aromatic carbocycles. The molecule has 7 nitrogen and oxygen atoms in total. The number of fused-ring (bicyclic) bond motifs is 2. The molecule has 11 heteroatoms. The number of pyridine rings is 3. The first kappa shape index (κ1) is 33.4. The second kappa shape index (κ2) is 13.7. The summed E-state index contributed by atoms with van der Waals surface area (Å²) in [7, 11) is 0. The van der Waals surface area contributed by atoms with Crippen LogP contribution < -0.4 is 10.6 Å². The van der Waals surface area contributed by atoms with Gasteiger partial charge in [-0.2, -0.15) is 0 Å². The van der Waals surface area contributed by atoms with Gasteiger partial charge in [-0.1, -0.05) is 88.9 Å². The standard InChI is InChI=1S/C39H25Cl4N5O2/c1-20-34(26-8-3-5-10-30(26)44-36(20)24-16-14-22(40)18-28(24)42)38(49)47-32-12-7-13-33(46-32)48-39(50)35-21(2)37(25-17-15-23(41)19-29(25)43)45-31-11-6-4-9-27(31)35/h3-19H,1-2H3,(H2,46,47,48,49,50). The average Bonchev–Trinajstić information content (AvgIpc) is 3.08. The summed E-state index contributed by atoms with van der Waals surface area (Å²) in [4.78, 5) is 42.2. The third-order valence-electron chi connectivity index (χ3n) is 8.33. The minimum Gasteiger partial charge on any atom is -0.306 e. The molecule has 50 heavy (non-hydrogen) atoms. The molecule has 3 heterocycles. The monoisotopic (exact) mass is 735 g/mol. The number of aromatic nitrogens is 3. The van der Waals surface area contributed by atoms with Crippen LogP contribution in [-0.4, -0.2) is 26.8 Å². The van der Waals surface area contributed by atoms with Crippen molar-refractivity contribution < 1.29 is 9.59 Å². The van der Waals surface area contributed by atoms with Crippen LogP contribution in [0.1, 0.15) is 31.8 Å². The summed E-state index contributed by atoms with van der Waals surface area (Å²) in [5.74, 6) is -0.319. The van der Waals surface area contributed by atoms with Crippen molar-refractivity contribution in [1.29, 1.82) is 0 Å². The molecule has 7 rings (SSSR count). The first-order valence-electron chi connectivity index (χ1n) is 15.4. The summed E-state index contributed by atoms with van der Waals surface area (Å²) in [5.41, 5.74) is 5.76. The van der Waals surface area contributed by atoms with E-state index in [1.54, 1.807) is 54.6 Å². The second-order valence-corrected chi connectivity index (χ2v) is 13.2. The molecule has 0 aliphatic carbocycles. The predicted molar refractivity (Wildman–Crippen MR) is 204 cm³/mol. The second-order valence-electron chi connectivity index (χ2n) is 11.5. The van der Waals surface area contributed by atoms with E-state index in [1.807, 2.05) is 62.4 Å². The van der Waals surface area contributed by atoms with Gasteiger partial charge in [-0.05, 0) is 85.6 Å². The highest BCUT2D eigenvalue weighted by atomic mass is 35.5. The van der Waals surface area contributed by atoms with Crippen molar-refractivity contribution >= 4 is 91.7 Å². The summed E-state index contributed by atoms with van der Waals surface area (Å²) < 4.78 is 0. The van der Waals surface area contributed by atoms with Gasteiger partial charge in [0.15, 0.2) is 0 Å². The number of nitrogens with zero attached hydrogens (tertiary/aromatic N) is 3. The zero-order valence-corrected chi connectivity index (χ0v) is 29.5. The SMILES string of the molecule is Cc1c(-c2ccc(Cl)cc2Cl)nc2ccccc2c1C(=O)Nc1cccc(NC(=O)c2c(C)c(-c3ccc(Cl)cc3Cl)nc3ccccc23)n1. The molecule has 0 saturated carbocycles. The average molecular weight is 737 g/mol. The van der Waals surface area contributed by atoms with Crippen LogP contribution in [-0.2, 0) is 0 Å². The molecule has 0 spiro atoms. The van der Waals surface area contributed by atoms with Crippen molar-refractivity contribution in [2.24, 2.45) is 0 Å². The van der Waals surface area contributed by atoms with Gasteiger partial charge in [0, 0.05) is 31.9 Å². The number of nitrogens with one attached hydrogen (secondary N) is 2. The molecule has 0 bridgehead atoms. The zero-order chi connectivity index (χ0) is 35.1. The maximum Gasteiger partial charge on any atom is 0.257 e. The lowest BCUT2D eigenvalue weighted by molar-refractivity contribution is 0.102. The van der Waals surface area contributed by atoms with Crippen LogP contribution in [0.2, 0.25) is 20.1 Å². The summed E-state index contributed by atoms with van der Waals surface area (Å²) >= 11 is 25.4. The number of para-hydroxylation sites is 2. The van der Waals surface area contributed by atoms with Crippen LogP contribution in [0.15, 0.2) is 103 Å². The minimum atomic E-state index is -0.399. The largest absolute Gasteiger partial charge is 0.306 e. The molecule has 0 radical (unpaired) electrons. The van der Waals surface area contributed by atoms with Crippen molar-refractivity contribution in [3.05, 3.63) is 145 Å².